The van der Waals surface area contributed by atoms with Gasteiger partial charge in [-0.1, -0.05) is 13.8 Å². The van der Waals surface area contributed by atoms with E-state index in [2.05, 4.69) is 13.8 Å². The minimum absolute atomic E-state index is 0.188. The molecule has 1 heterocycles. The quantitative estimate of drug-likeness (QED) is 0.707. The average molecular weight is 186 g/mol. The predicted molar refractivity (Wildman–Crippen MR) is 50.4 cm³/mol. The smallest absolute Gasteiger partial charge is 0.410 e. The van der Waals surface area contributed by atoms with Gasteiger partial charge in [-0.15, -0.1) is 0 Å². The fraction of sp³-hybridized carbons (Fsp3) is 0.889. The van der Waals surface area contributed by atoms with Crippen LogP contribution in [0.4, 0.5) is 4.79 Å². The van der Waals surface area contributed by atoms with Crippen molar-refractivity contribution in [1.29, 1.82) is 0 Å². The number of cyclic esters (lactones) is 1. The maximum atomic E-state index is 11.3. The number of nitrogens with zero attached hydrogens (tertiary/aromatic N) is 1. The molecular formula is C9H18N2O2. The molecule has 0 aromatic rings. The van der Waals surface area contributed by atoms with Crippen LogP contribution in [0, 0.1) is 5.92 Å². The molecule has 1 unspecified atom stereocenters. The Bertz CT molecular complexity index is 182. The predicted octanol–water partition coefficient (Wildman–Crippen LogP) is 0.812. The van der Waals surface area contributed by atoms with E-state index in [-0.39, 0.29) is 12.1 Å². The van der Waals surface area contributed by atoms with Gasteiger partial charge in [-0.3, -0.25) is 0 Å². The van der Waals surface area contributed by atoms with E-state index in [4.69, 9.17) is 10.5 Å². The second-order valence-corrected chi connectivity index (χ2v) is 3.72. The number of carbonyl (C=O) groups is 1. The van der Waals surface area contributed by atoms with Gasteiger partial charge in [0, 0.05) is 6.54 Å². The standard InChI is InChI=1S/C9H18N2O2/c1-7(2)8-6-13-9(12)11(8)5-3-4-10/h7-8H,3-6,10H2,1-2H3. The zero-order valence-electron chi connectivity index (χ0n) is 8.32. The van der Waals surface area contributed by atoms with Crippen molar-refractivity contribution in [2.24, 2.45) is 11.7 Å². The summed E-state index contributed by atoms with van der Waals surface area (Å²) in [6, 6.07) is 0.235. The van der Waals surface area contributed by atoms with Gasteiger partial charge in [0.05, 0.1) is 6.04 Å². The summed E-state index contributed by atoms with van der Waals surface area (Å²) in [5.41, 5.74) is 5.39. The Morgan fingerprint density at radius 2 is 2.38 bits per heavy atom. The first-order valence-electron chi connectivity index (χ1n) is 4.80. The minimum atomic E-state index is -0.188. The maximum Gasteiger partial charge on any atom is 0.410 e. The molecule has 1 atom stereocenters. The van der Waals surface area contributed by atoms with Gasteiger partial charge in [-0.2, -0.15) is 0 Å². The molecule has 2 N–H and O–H groups in total. The molecule has 0 radical (unpaired) electrons. The summed E-state index contributed by atoms with van der Waals surface area (Å²) in [5.74, 6) is 0.448. The summed E-state index contributed by atoms with van der Waals surface area (Å²) in [5, 5.41) is 0. The first-order valence-corrected chi connectivity index (χ1v) is 4.80. The minimum Gasteiger partial charge on any atom is -0.447 e. The van der Waals surface area contributed by atoms with Gasteiger partial charge in [0.15, 0.2) is 0 Å². The van der Waals surface area contributed by atoms with Gasteiger partial charge in [0.25, 0.3) is 0 Å². The number of ether oxygens (including phenoxy) is 1. The lowest BCUT2D eigenvalue weighted by atomic mass is 10.0. The molecule has 0 bridgehead atoms. The molecule has 0 spiro atoms. The zero-order chi connectivity index (χ0) is 9.84. The Morgan fingerprint density at radius 3 is 2.92 bits per heavy atom. The molecule has 0 saturated carbocycles. The van der Waals surface area contributed by atoms with Gasteiger partial charge < -0.3 is 15.4 Å². The molecule has 0 aromatic heterocycles. The molecule has 1 aliphatic rings. The SMILES string of the molecule is CC(C)C1COC(=O)N1CCCN. The first-order chi connectivity index (χ1) is 6.16. The molecule has 0 aliphatic carbocycles. The van der Waals surface area contributed by atoms with Crippen LogP contribution in [0.15, 0.2) is 0 Å². The van der Waals surface area contributed by atoms with E-state index < -0.39 is 0 Å². The van der Waals surface area contributed by atoms with E-state index in [0.29, 0.717) is 19.1 Å². The van der Waals surface area contributed by atoms with E-state index in [9.17, 15) is 4.79 Å². The highest BCUT2D eigenvalue weighted by Crippen LogP contribution is 2.19. The fourth-order valence-electron chi connectivity index (χ4n) is 1.54. The van der Waals surface area contributed by atoms with E-state index >= 15 is 0 Å². The molecule has 0 aromatic carbocycles. The molecule has 1 aliphatic heterocycles. The lowest BCUT2D eigenvalue weighted by molar-refractivity contribution is 0.156. The van der Waals surface area contributed by atoms with Gasteiger partial charge in [-0.05, 0) is 18.9 Å². The molecule has 1 rings (SSSR count). The Hall–Kier alpha value is -0.770. The summed E-state index contributed by atoms with van der Waals surface area (Å²) in [6.45, 7) is 6.07. The third-order valence-corrected chi connectivity index (χ3v) is 2.39. The van der Waals surface area contributed by atoms with Gasteiger partial charge in [0.1, 0.15) is 6.61 Å². The van der Waals surface area contributed by atoms with Crippen LogP contribution in [0.3, 0.4) is 0 Å². The van der Waals surface area contributed by atoms with Crippen molar-refractivity contribution < 1.29 is 9.53 Å². The molecule has 13 heavy (non-hydrogen) atoms. The number of amides is 1. The van der Waals surface area contributed by atoms with Crippen molar-refractivity contribution in [1.82, 2.24) is 4.90 Å². The molecular weight excluding hydrogens is 168 g/mol. The van der Waals surface area contributed by atoms with Crippen LogP contribution in [0.1, 0.15) is 20.3 Å². The number of carbonyl (C=O) groups excluding carboxylic acids is 1. The van der Waals surface area contributed by atoms with E-state index in [0.717, 1.165) is 13.0 Å². The van der Waals surface area contributed by atoms with Crippen LogP contribution in [0.25, 0.3) is 0 Å². The number of nitrogens with two attached hydrogens (primary N) is 1. The Kier molecular flexibility index (Phi) is 3.54. The summed E-state index contributed by atoms with van der Waals surface area (Å²) >= 11 is 0. The fourth-order valence-corrected chi connectivity index (χ4v) is 1.54. The van der Waals surface area contributed by atoms with E-state index in [1.165, 1.54) is 0 Å². The highest BCUT2D eigenvalue weighted by molar-refractivity contribution is 5.70. The van der Waals surface area contributed by atoms with Crippen LogP contribution in [0.2, 0.25) is 0 Å². The van der Waals surface area contributed by atoms with Gasteiger partial charge >= 0.3 is 6.09 Å². The van der Waals surface area contributed by atoms with Crippen LogP contribution < -0.4 is 5.73 Å². The van der Waals surface area contributed by atoms with Crippen molar-refractivity contribution in [2.75, 3.05) is 19.7 Å². The van der Waals surface area contributed by atoms with Crippen LogP contribution >= 0.6 is 0 Å². The molecule has 4 nitrogen and oxygen atoms in total. The third kappa shape index (κ3) is 2.34. The number of rotatable bonds is 4. The summed E-state index contributed by atoms with van der Waals surface area (Å²) in [6.07, 6.45) is 0.658. The average Bonchev–Trinajstić information content (AvgIpc) is 2.43. The van der Waals surface area contributed by atoms with E-state index in [1.54, 1.807) is 4.90 Å². The van der Waals surface area contributed by atoms with Crippen LogP contribution in [-0.4, -0.2) is 36.7 Å². The Morgan fingerprint density at radius 1 is 1.69 bits per heavy atom. The van der Waals surface area contributed by atoms with Gasteiger partial charge in [0.2, 0.25) is 0 Å². The third-order valence-electron chi connectivity index (χ3n) is 2.39. The number of hydrogen-bond donors (Lipinski definition) is 1. The van der Waals surface area contributed by atoms with Crippen molar-refractivity contribution in [2.45, 2.75) is 26.3 Å². The van der Waals surface area contributed by atoms with E-state index in [1.807, 2.05) is 0 Å². The zero-order valence-corrected chi connectivity index (χ0v) is 8.32. The first kappa shape index (κ1) is 10.3. The molecule has 4 heteroatoms. The second-order valence-electron chi connectivity index (χ2n) is 3.72. The normalized spacial score (nSPS) is 22.6. The molecule has 1 amide bonds. The van der Waals surface area contributed by atoms with Crippen molar-refractivity contribution in [3.8, 4) is 0 Å². The largest absolute Gasteiger partial charge is 0.447 e. The van der Waals surface area contributed by atoms with Crippen molar-refractivity contribution >= 4 is 6.09 Å². The topological polar surface area (TPSA) is 55.6 Å². The molecule has 76 valence electrons. The van der Waals surface area contributed by atoms with Crippen molar-refractivity contribution in [3.05, 3.63) is 0 Å². The second kappa shape index (κ2) is 4.46. The molecule has 1 saturated heterocycles. The lowest BCUT2D eigenvalue weighted by Crippen LogP contribution is -2.38. The van der Waals surface area contributed by atoms with Crippen molar-refractivity contribution in [3.63, 3.8) is 0 Å². The lowest BCUT2D eigenvalue weighted by Gasteiger charge is -2.23. The Balaban J connectivity index is 2.50. The van der Waals surface area contributed by atoms with Crippen LogP contribution in [0.5, 0.6) is 0 Å². The molecule has 1 fully saturated rings. The highest BCUT2D eigenvalue weighted by Gasteiger charge is 2.33. The monoisotopic (exact) mass is 186 g/mol. The summed E-state index contributed by atoms with van der Waals surface area (Å²) < 4.78 is 4.98. The van der Waals surface area contributed by atoms with Gasteiger partial charge in [-0.25, -0.2) is 4.79 Å². The number of hydrogen-bond acceptors (Lipinski definition) is 3. The summed E-state index contributed by atoms with van der Waals surface area (Å²) in [4.78, 5) is 13.0. The highest BCUT2D eigenvalue weighted by atomic mass is 16.6. The summed E-state index contributed by atoms with van der Waals surface area (Å²) in [7, 11) is 0. The maximum absolute atomic E-state index is 11.3. The Labute approximate surface area is 79.0 Å². The van der Waals surface area contributed by atoms with Crippen LogP contribution in [-0.2, 0) is 4.74 Å².